The first-order valence-electron chi connectivity index (χ1n) is 9.62. The molecule has 0 unspecified atom stereocenters. The molecule has 1 saturated heterocycles. The number of hydrogen-bond donors (Lipinski definition) is 2. The lowest BCUT2D eigenvalue weighted by molar-refractivity contribution is -0.383. The average Bonchev–Trinajstić information content (AvgIpc) is 2.69. The van der Waals surface area contributed by atoms with E-state index in [1.54, 1.807) is 0 Å². The summed E-state index contributed by atoms with van der Waals surface area (Å²) in [6, 6.07) is 7.91. The number of hydrogen-bond acceptors (Lipinski definition) is 8. The number of aromatic nitrogens is 2. The Labute approximate surface area is 164 Å². The lowest BCUT2D eigenvalue weighted by atomic mass is 10.1. The molecule has 0 aliphatic carbocycles. The molecule has 2 N–H and O–H groups in total. The third-order valence-corrected chi connectivity index (χ3v) is 4.81. The number of nitro groups is 1. The van der Waals surface area contributed by atoms with Crippen molar-refractivity contribution in [2.24, 2.45) is 0 Å². The smallest absolute Gasteiger partial charge is 0.334 e. The van der Waals surface area contributed by atoms with Crippen molar-refractivity contribution in [3.63, 3.8) is 0 Å². The SMILES string of the molecule is CCCCc1ccc(Nc2ncnc(NN3CCN(C)CC3)c2[N+](=O)[O-])cc1. The lowest BCUT2D eigenvalue weighted by Gasteiger charge is -2.32. The zero-order chi connectivity index (χ0) is 19.9. The molecule has 0 spiro atoms. The second-order valence-corrected chi connectivity index (χ2v) is 7.00. The number of nitrogens with one attached hydrogen (secondary N) is 2. The fourth-order valence-corrected chi connectivity index (χ4v) is 3.07. The van der Waals surface area contributed by atoms with Crippen LogP contribution in [0.3, 0.4) is 0 Å². The molecule has 9 heteroatoms. The van der Waals surface area contributed by atoms with Crippen molar-refractivity contribution in [1.29, 1.82) is 0 Å². The predicted octanol–water partition coefficient (Wildman–Crippen LogP) is 3.05. The van der Waals surface area contributed by atoms with Gasteiger partial charge in [-0.1, -0.05) is 25.5 Å². The van der Waals surface area contributed by atoms with Gasteiger partial charge < -0.3 is 10.2 Å². The topological polar surface area (TPSA) is 99.5 Å². The minimum Gasteiger partial charge on any atom is -0.334 e. The molecule has 9 nitrogen and oxygen atoms in total. The number of unbranched alkanes of at least 4 members (excludes halogenated alkanes) is 1. The Morgan fingerprint density at radius 1 is 1.11 bits per heavy atom. The molecule has 1 aliphatic rings. The highest BCUT2D eigenvalue weighted by atomic mass is 16.6. The predicted molar refractivity (Wildman–Crippen MR) is 110 cm³/mol. The normalized spacial score (nSPS) is 15.4. The standard InChI is InChI=1S/C19H27N7O2/c1-3-4-5-15-6-8-16(9-7-15)22-18-17(26(27)28)19(21-14-20-18)23-25-12-10-24(2)11-13-25/h6-9,14H,3-5,10-13H2,1-2H3,(H2,20,21,22,23). The Morgan fingerprint density at radius 2 is 1.79 bits per heavy atom. The van der Waals surface area contributed by atoms with E-state index < -0.39 is 4.92 Å². The molecule has 2 aromatic rings. The van der Waals surface area contributed by atoms with Gasteiger partial charge in [0.15, 0.2) is 0 Å². The van der Waals surface area contributed by atoms with E-state index in [0.29, 0.717) is 0 Å². The van der Waals surface area contributed by atoms with Crippen LogP contribution in [0.25, 0.3) is 0 Å². The maximum atomic E-state index is 11.7. The van der Waals surface area contributed by atoms with Gasteiger partial charge in [0, 0.05) is 31.9 Å². The molecular weight excluding hydrogens is 358 g/mol. The summed E-state index contributed by atoms with van der Waals surface area (Å²) in [4.78, 5) is 21.7. The van der Waals surface area contributed by atoms with Crippen LogP contribution in [0.4, 0.5) is 23.0 Å². The molecule has 0 atom stereocenters. The number of anilines is 3. The Kier molecular flexibility index (Phi) is 6.72. The van der Waals surface area contributed by atoms with Gasteiger partial charge >= 0.3 is 5.69 Å². The summed E-state index contributed by atoms with van der Waals surface area (Å²) in [5, 5.41) is 16.7. The highest BCUT2D eigenvalue weighted by molar-refractivity contribution is 5.73. The van der Waals surface area contributed by atoms with Gasteiger partial charge in [-0.05, 0) is 37.6 Å². The van der Waals surface area contributed by atoms with Crippen LogP contribution < -0.4 is 10.7 Å². The van der Waals surface area contributed by atoms with Crippen molar-refractivity contribution < 1.29 is 4.92 Å². The van der Waals surface area contributed by atoms with Gasteiger partial charge in [0.1, 0.15) is 6.33 Å². The van der Waals surface area contributed by atoms with Crippen LogP contribution in [-0.4, -0.2) is 58.0 Å². The minimum absolute atomic E-state index is 0.156. The fourth-order valence-electron chi connectivity index (χ4n) is 3.07. The van der Waals surface area contributed by atoms with Gasteiger partial charge in [-0.25, -0.2) is 15.0 Å². The van der Waals surface area contributed by atoms with Crippen molar-refractivity contribution in [3.8, 4) is 0 Å². The molecule has 0 saturated carbocycles. The lowest BCUT2D eigenvalue weighted by Crippen LogP contribution is -2.47. The molecule has 1 aromatic carbocycles. The van der Waals surface area contributed by atoms with Crippen molar-refractivity contribution >= 4 is 23.0 Å². The minimum atomic E-state index is -0.448. The summed E-state index contributed by atoms with van der Waals surface area (Å²) >= 11 is 0. The highest BCUT2D eigenvalue weighted by Crippen LogP contribution is 2.31. The Hall–Kier alpha value is -2.78. The van der Waals surface area contributed by atoms with Crippen LogP contribution in [0.1, 0.15) is 25.3 Å². The van der Waals surface area contributed by atoms with Crippen LogP contribution in [0, 0.1) is 10.1 Å². The second-order valence-electron chi connectivity index (χ2n) is 7.00. The van der Waals surface area contributed by atoms with Crippen molar-refractivity contribution in [1.82, 2.24) is 19.9 Å². The highest BCUT2D eigenvalue weighted by Gasteiger charge is 2.25. The van der Waals surface area contributed by atoms with E-state index in [2.05, 4.69) is 39.6 Å². The van der Waals surface area contributed by atoms with E-state index in [1.807, 2.05) is 29.3 Å². The van der Waals surface area contributed by atoms with E-state index >= 15 is 0 Å². The first-order valence-corrected chi connectivity index (χ1v) is 9.62. The molecule has 0 radical (unpaired) electrons. The van der Waals surface area contributed by atoms with Crippen LogP contribution in [0.15, 0.2) is 30.6 Å². The fraction of sp³-hybridized carbons (Fsp3) is 0.474. The summed E-state index contributed by atoms with van der Waals surface area (Å²) in [5.74, 6) is 0.379. The molecule has 1 fully saturated rings. The maximum Gasteiger partial charge on any atom is 0.354 e. The van der Waals surface area contributed by atoms with Gasteiger partial charge in [0.25, 0.3) is 0 Å². The number of nitrogens with zero attached hydrogens (tertiary/aromatic N) is 5. The summed E-state index contributed by atoms with van der Waals surface area (Å²) in [7, 11) is 2.06. The largest absolute Gasteiger partial charge is 0.354 e. The van der Waals surface area contributed by atoms with E-state index in [4.69, 9.17) is 0 Å². The van der Waals surface area contributed by atoms with E-state index in [0.717, 1.165) is 51.1 Å². The van der Waals surface area contributed by atoms with Gasteiger partial charge in [-0.15, -0.1) is 0 Å². The van der Waals surface area contributed by atoms with Gasteiger partial charge in [-0.3, -0.25) is 15.5 Å². The Morgan fingerprint density at radius 3 is 2.43 bits per heavy atom. The third-order valence-electron chi connectivity index (χ3n) is 4.81. The average molecular weight is 385 g/mol. The molecule has 0 bridgehead atoms. The van der Waals surface area contributed by atoms with Crippen LogP contribution in [0.2, 0.25) is 0 Å². The van der Waals surface area contributed by atoms with Crippen molar-refractivity contribution in [2.75, 3.05) is 44.0 Å². The van der Waals surface area contributed by atoms with Crippen molar-refractivity contribution in [3.05, 3.63) is 46.3 Å². The molecule has 2 heterocycles. The Balaban J connectivity index is 1.76. The quantitative estimate of drug-likeness (QED) is 0.528. The third kappa shape index (κ3) is 5.14. The van der Waals surface area contributed by atoms with Crippen LogP contribution in [-0.2, 0) is 6.42 Å². The van der Waals surface area contributed by atoms with Crippen molar-refractivity contribution in [2.45, 2.75) is 26.2 Å². The van der Waals surface area contributed by atoms with Gasteiger partial charge in [0.2, 0.25) is 11.6 Å². The number of piperazine rings is 1. The summed E-state index contributed by atoms with van der Waals surface area (Å²) in [5.41, 5.74) is 4.94. The summed E-state index contributed by atoms with van der Waals surface area (Å²) < 4.78 is 0. The molecule has 150 valence electrons. The van der Waals surface area contributed by atoms with Gasteiger partial charge in [0.05, 0.1) is 4.92 Å². The second kappa shape index (κ2) is 9.43. The van der Waals surface area contributed by atoms with Crippen LogP contribution >= 0.6 is 0 Å². The first kappa shape index (κ1) is 20.0. The number of likely N-dealkylation sites (N-methyl/N-ethyl adjacent to an activating group) is 1. The number of rotatable bonds is 8. The molecule has 1 aromatic heterocycles. The Bertz CT molecular complexity index is 789. The van der Waals surface area contributed by atoms with Crippen LogP contribution in [0.5, 0.6) is 0 Å². The van der Waals surface area contributed by atoms with E-state index in [1.165, 1.54) is 11.9 Å². The summed E-state index contributed by atoms with van der Waals surface area (Å²) in [6.45, 7) is 5.47. The summed E-state index contributed by atoms with van der Waals surface area (Å²) in [6.07, 6.45) is 4.66. The molecule has 1 aliphatic heterocycles. The molecule has 28 heavy (non-hydrogen) atoms. The first-order chi connectivity index (χ1) is 13.6. The zero-order valence-corrected chi connectivity index (χ0v) is 16.4. The maximum absolute atomic E-state index is 11.7. The monoisotopic (exact) mass is 385 g/mol. The molecule has 0 amide bonds. The van der Waals surface area contributed by atoms with Gasteiger partial charge in [-0.2, -0.15) is 0 Å². The number of benzene rings is 1. The number of hydrazine groups is 1. The molecule has 3 rings (SSSR count). The van der Waals surface area contributed by atoms with E-state index in [-0.39, 0.29) is 17.3 Å². The van der Waals surface area contributed by atoms with E-state index in [9.17, 15) is 10.1 Å². The zero-order valence-electron chi connectivity index (χ0n) is 16.4. The number of aryl methyl sites for hydroxylation is 1. The molecular formula is C19H27N7O2.